The van der Waals surface area contributed by atoms with Crippen LogP contribution < -0.4 is 26.6 Å². The molecule has 15 heteroatoms. The number of carbonyl (C=O) groups excluding carboxylic acids is 2. The Hall–Kier alpha value is -0.870. The van der Waals surface area contributed by atoms with E-state index < -0.39 is 24.2 Å². The summed E-state index contributed by atoms with van der Waals surface area (Å²) in [5, 5.41) is 15.9. The molecule has 0 radical (unpaired) electrons. The first-order chi connectivity index (χ1) is 19.5. The van der Waals surface area contributed by atoms with Crippen molar-refractivity contribution < 1.29 is 32.2 Å². The minimum absolute atomic E-state index is 0.00567. The molecule has 0 bridgehead atoms. The topological polar surface area (TPSA) is 116 Å². The molecule has 5 N–H and O–H groups in total. The number of carbonyl (C=O) groups is 2. The van der Waals surface area contributed by atoms with Gasteiger partial charge in [-0.05, 0) is 38.0 Å². The molecule has 41 heavy (non-hydrogen) atoms. The van der Waals surface area contributed by atoms with Crippen LogP contribution in [0, 0.1) is 23.7 Å². The molecule has 0 spiro atoms. The Kier molecular flexibility index (Phi) is 10.0. The fourth-order valence-corrected chi connectivity index (χ4v) is 9.02. The van der Waals surface area contributed by atoms with E-state index in [1.165, 1.54) is 7.11 Å². The summed E-state index contributed by atoms with van der Waals surface area (Å²) in [4.78, 5) is 28.6. The van der Waals surface area contributed by atoms with Crippen molar-refractivity contribution in [2.75, 3.05) is 46.9 Å². The maximum absolute atomic E-state index is 13.6. The zero-order valence-corrected chi connectivity index (χ0v) is 25.2. The molecule has 5 heterocycles. The largest absolute Gasteiger partial charge is 0.403 e. The van der Waals surface area contributed by atoms with E-state index in [1.54, 1.807) is 23.8 Å². The zero-order chi connectivity index (χ0) is 29.5. The molecule has 5 aliphatic rings. The van der Waals surface area contributed by atoms with Gasteiger partial charge in [0.25, 0.3) is 0 Å². The van der Waals surface area contributed by atoms with Crippen molar-refractivity contribution in [2.45, 2.75) is 78.9 Å². The molecule has 2 amide bonds. The summed E-state index contributed by atoms with van der Waals surface area (Å²) in [6.45, 7) is 4.21. The highest BCUT2D eigenvalue weighted by atomic mass is 35.5. The molecule has 12 atom stereocenters. The van der Waals surface area contributed by atoms with Crippen LogP contribution in [0.3, 0.4) is 0 Å². The summed E-state index contributed by atoms with van der Waals surface area (Å²) in [6.07, 6.45) is -3.87. The quantitative estimate of drug-likeness (QED) is 0.214. The molecule has 0 aromatic heterocycles. The van der Waals surface area contributed by atoms with Gasteiger partial charge in [0.15, 0.2) is 0 Å². The number of alkyl halides is 4. The maximum atomic E-state index is 13.6. The van der Waals surface area contributed by atoms with Crippen molar-refractivity contribution in [2.24, 2.45) is 23.7 Å². The van der Waals surface area contributed by atoms with Gasteiger partial charge in [-0.2, -0.15) is 13.2 Å². The molecule has 10 nitrogen and oxygen atoms in total. The van der Waals surface area contributed by atoms with Gasteiger partial charge in [-0.1, -0.05) is 0 Å². The van der Waals surface area contributed by atoms with Gasteiger partial charge in [-0.3, -0.25) is 20.2 Å². The molecule has 5 aliphatic heterocycles. The second-order valence-corrected chi connectivity index (χ2v) is 13.9. The second kappa shape index (κ2) is 13.0. The minimum atomic E-state index is -4.38. The van der Waals surface area contributed by atoms with Crippen LogP contribution in [-0.4, -0.2) is 116 Å². The maximum Gasteiger partial charge on any atom is 0.403 e. The zero-order valence-electron chi connectivity index (χ0n) is 23.6. The number of hydrogen-bond acceptors (Lipinski definition) is 9. The van der Waals surface area contributed by atoms with E-state index in [0.29, 0.717) is 32.2 Å². The fraction of sp³-hybridized carbons (Fsp3) is 0.923. The monoisotopic (exact) mass is 626 g/mol. The van der Waals surface area contributed by atoms with Gasteiger partial charge in [0.1, 0.15) is 11.5 Å². The highest BCUT2D eigenvalue weighted by Gasteiger charge is 2.50. The molecular weight excluding hydrogens is 585 g/mol. The fourth-order valence-electron chi connectivity index (χ4n) is 7.32. The predicted molar refractivity (Wildman–Crippen MR) is 149 cm³/mol. The average Bonchev–Trinajstić information content (AvgIpc) is 3.50. The van der Waals surface area contributed by atoms with E-state index in [2.05, 4.69) is 33.5 Å². The summed E-state index contributed by atoms with van der Waals surface area (Å²) in [6, 6.07) is -1.40. The smallest absolute Gasteiger partial charge is 0.381 e. The number of nitrogens with one attached hydrogen (secondary N) is 5. The second-order valence-electron chi connectivity index (χ2n) is 12.1. The first kappa shape index (κ1) is 31.6. The Morgan fingerprint density at radius 1 is 0.951 bits per heavy atom. The highest BCUT2D eigenvalue weighted by Crippen LogP contribution is 2.39. The van der Waals surface area contributed by atoms with Gasteiger partial charge in [0.2, 0.25) is 11.8 Å². The number of thioether (sulfide) groups is 1. The first-order valence-corrected chi connectivity index (χ1v) is 15.8. The number of rotatable bonds is 6. The van der Waals surface area contributed by atoms with Crippen LogP contribution >= 0.6 is 23.4 Å². The summed E-state index contributed by atoms with van der Waals surface area (Å²) in [7, 11) is 3.06. The van der Waals surface area contributed by atoms with E-state index >= 15 is 0 Å². The van der Waals surface area contributed by atoms with Crippen LogP contribution in [0.4, 0.5) is 13.2 Å². The molecular formula is C26H42ClF3N6O4S. The Bertz CT molecular complexity index is 941. The van der Waals surface area contributed by atoms with Crippen molar-refractivity contribution >= 4 is 35.2 Å². The summed E-state index contributed by atoms with van der Waals surface area (Å²) in [5.74, 6) is -0.796. The lowest BCUT2D eigenvalue weighted by atomic mass is 9.70. The lowest BCUT2D eigenvalue weighted by Crippen LogP contribution is -2.58. The van der Waals surface area contributed by atoms with Crippen molar-refractivity contribution in [1.29, 1.82) is 0 Å². The van der Waals surface area contributed by atoms with Crippen LogP contribution in [0.15, 0.2) is 0 Å². The number of hydrogen-bond donors (Lipinski definition) is 5. The van der Waals surface area contributed by atoms with E-state index in [4.69, 9.17) is 21.1 Å². The van der Waals surface area contributed by atoms with E-state index in [0.717, 1.165) is 12.8 Å². The first-order valence-electron chi connectivity index (χ1n) is 14.5. The van der Waals surface area contributed by atoms with E-state index in [9.17, 15) is 22.8 Å². The Morgan fingerprint density at radius 2 is 1.68 bits per heavy atom. The van der Waals surface area contributed by atoms with Crippen LogP contribution in [0.2, 0.25) is 0 Å². The molecule has 234 valence electrons. The third kappa shape index (κ3) is 6.95. The number of piperidine rings is 3. The van der Waals surface area contributed by atoms with Crippen molar-refractivity contribution in [3.8, 4) is 0 Å². The number of ether oxygens (including phenoxy) is 2. The van der Waals surface area contributed by atoms with Crippen molar-refractivity contribution in [3.05, 3.63) is 0 Å². The summed E-state index contributed by atoms with van der Waals surface area (Å²) in [5.41, 5.74) is -0.426. The summed E-state index contributed by atoms with van der Waals surface area (Å²) < 4.78 is 50.7. The number of likely N-dealkylation sites (tertiary alicyclic amines) is 1. The van der Waals surface area contributed by atoms with E-state index in [-0.39, 0.29) is 70.9 Å². The third-order valence-corrected chi connectivity index (χ3v) is 11.2. The van der Waals surface area contributed by atoms with Crippen molar-refractivity contribution in [3.63, 3.8) is 0 Å². The predicted octanol–water partition coefficient (Wildman–Crippen LogP) is 0.661. The molecule has 12 unspecified atom stereocenters. The molecule has 0 saturated carbocycles. The standard InChI is InChI=1S/C26H42ClF3N6O4S/c1-12-4-13(14-5-22(27)33-9-19(14)40-3)15(7-31-12)23(37)35-25-34-17-10-36(11-20(17)41-25)24(38)16-8-32-21(26(28,29)30)6-18(16)39-2/h12-22,25,31-34H,4-11H2,1-3H3,(H,35,37). The molecule has 5 saturated heterocycles. The SMILES string of the molecule is COC1CC(C(F)(F)F)NCC1C(=O)N1CC2NC(NC(=O)C3CNC(C)CC3C3CC(Cl)NCC3OC)SC2C1. The lowest BCUT2D eigenvalue weighted by molar-refractivity contribution is -0.177. The van der Waals surface area contributed by atoms with Gasteiger partial charge < -0.3 is 30.3 Å². The molecule has 5 rings (SSSR count). The Morgan fingerprint density at radius 3 is 2.37 bits per heavy atom. The van der Waals surface area contributed by atoms with Crippen molar-refractivity contribution in [1.82, 2.24) is 31.5 Å². The van der Waals surface area contributed by atoms with Gasteiger partial charge in [0.05, 0.1) is 29.5 Å². The van der Waals surface area contributed by atoms with Crippen LogP contribution in [0.5, 0.6) is 0 Å². The molecule has 0 aliphatic carbocycles. The normalized spacial score (nSPS) is 43.5. The van der Waals surface area contributed by atoms with Gasteiger partial charge >= 0.3 is 6.18 Å². The minimum Gasteiger partial charge on any atom is -0.381 e. The van der Waals surface area contributed by atoms with Crippen LogP contribution in [0.25, 0.3) is 0 Å². The number of methoxy groups -OCH3 is 2. The summed E-state index contributed by atoms with van der Waals surface area (Å²) >= 11 is 8.04. The Labute approximate surface area is 248 Å². The van der Waals surface area contributed by atoms with Crippen LogP contribution in [-0.2, 0) is 19.1 Å². The van der Waals surface area contributed by atoms with E-state index in [1.807, 2.05) is 0 Å². The number of nitrogens with zero attached hydrogens (tertiary/aromatic N) is 1. The molecule has 0 aromatic carbocycles. The average molecular weight is 627 g/mol. The third-order valence-electron chi connectivity index (χ3n) is 9.56. The van der Waals surface area contributed by atoms with Gasteiger partial charge in [-0.15, -0.1) is 23.4 Å². The molecule has 0 aromatic rings. The molecule has 5 fully saturated rings. The number of halogens is 4. The van der Waals surface area contributed by atoms with Gasteiger partial charge in [0, 0.05) is 64.3 Å². The highest BCUT2D eigenvalue weighted by molar-refractivity contribution is 8.00. The lowest BCUT2D eigenvalue weighted by Gasteiger charge is -2.45. The van der Waals surface area contributed by atoms with Gasteiger partial charge in [-0.25, -0.2) is 0 Å². The number of fused-ring (bicyclic) bond motifs is 1. The Balaban J connectivity index is 1.15. The van der Waals surface area contributed by atoms with Crippen LogP contribution in [0.1, 0.15) is 26.2 Å². The number of amides is 2.